The van der Waals surface area contributed by atoms with Crippen molar-refractivity contribution in [2.24, 2.45) is 5.92 Å². The molecule has 0 bridgehead atoms. The molecule has 1 amide bonds. The monoisotopic (exact) mass is 258 g/mol. The number of benzene rings is 1. The van der Waals surface area contributed by atoms with Gasteiger partial charge in [-0.2, -0.15) is 0 Å². The Morgan fingerprint density at radius 1 is 1.32 bits per heavy atom. The Morgan fingerprint density at radius 3 is 3.00 bits per heavy atom. The van der Waals surface area contributed by atoms with Crippen LogP contribution < -0.4 is 5.32 Å². The lowest BCUT2D eigenvalue weighted by Gasteiger charge is -2.35. The number of para-hydroxylation sites is 1. The number of carbonyl (C=O) groups excluding carboxylic acids is 1. The van der Waals surface area contributed by atoms with Gasteiger partial charge in [0.2, 0.25) is 5.91 Å². The van der Waals surface area contributed by atoms with E-state index in [4.69, 9.17) is 0 Å². The Kier molecular flexibility index (Phi) is 3.45. The molecule has 0 spiro atoms. The molecule has 3 nitrogen and oxygen atoms in total. The Morgan fingerprint density at radius 2 is 2.16 bits per heavy atom. The van der Waals surface area contributed by atoms with E-state index < -0.39 is 0 Å². The standard InChI is InChI=1S/C16H22N2O/c1-12-5-4-10-18(11-12)16(19)15-9-8-13-6-2-3-7-14(13)17-15/h2-3,6-7,12,15,17H,4-5,8-11H2,1H3. The first-order chi connectivity index (χ1) is 9.24. The van der Waals surface area contributed by atoms with Gasteiger partial charge in [-0.1, -0.05) is 25.1 Å². The van der Waals surface area contributed by atoms with Crippen LogP contribution in [0.5, 0.6) is 0 Å². The molecule has 1 fully saturated rings. The van der Waals surface area contributed by atoms with Crippen molar-refractivity contribution in [2.45, 2.75) is 38.6 Å². The number of likely N-dealkylation sites (tertiary alicyclic amines) is 1. The van der Waals surface area contributed by atoms with Crippen LogP contribution >= 0.6 is 0 Å². The van der Waals surface area contributed by atoms with Crippen molar-refractivity contribution in [3.05, 3.63) is 29.8 Å². The average Bonchev–Trinajstić information content (AvgIpc) is 2.46. The number of aryl methyl sites for hydroxylation is 1. The summed E-state index contributed by atoms with van der Waals surface area (Å²) in [5, 5.41) is 3.42. The molecule has 2 aliphatic heterocycles. The van der Waals surface area contributed by atoms with Crippen molar-refractivity contribution in [1.82, 2.24) is 4.90 Å². The number of amides is 1. The summed E-state index contributed by atoms with van der Waals surface area (Å²) in [4.78, 5) is 14.6. The van der Waals surface area contributed by atoms with Crippen LogP contribution in [-0.4, -0.2) is 29.9 Å². The molecule has 2 aliphatic rings. The van der Waals surface area contributed by atoms with Crippen LogP contribution in [0.2, 0.25) is 0 Å². The topological polar surface area (TPSA) is 32.3 Å². The van der Waals surface area contributed by atoms with E-state index in [0.717, 1.165) is 38.0 Å². The second-order valence-corrected chi connectivity index (χ2v) is 5.92. The van der Waals surface area contributed by atoms with E-state index in [1.807, 2.05) is 6.07 Å². The zero-order valence-electron chi connectivity index (χ0n) is 11.6. The lowest BCUT2D eigenvalue weighted by Crippen LogP contribution is -2.48. The van der Waals surface area contributed by atoms with Crippen molar-refractivity contribution in [1.29, 1.82) is 0 Å². The molecule has 1 aromatic rings. The molecule has 102 valence electrons. The van der Waals surface area contributed by atoms with E-state index in [1.165, 1.54) is 12.0 Å². The number of nitrogens with one attached hydrogen (secondary N) is 1. The number of nitrogens with zero attached hydrogens (tertiary/aromatic N) is 1. The zero-order valence-corrected chi connectivity index (χ0v) is 11.6. The maximum absolute atomic E-state index is 12.6. The third-order valence-electron chi connectivity index (χ3n) is 4.32. The first kappa shape index (κ1) is 12.5. The number of piperidine rings is 1. The highest BCUT2D eigenvalue weighted by Gasteiger charge is 2.29. The van der Waals surface area contributed by atoms with E-state index in [0.29, 0.717) is 11.8 Å². The molecule has 3 heteroatoms. The highest BCUT2D eigenvalue weighted by Crippen LogP contribution is 2.26. The molecule has 1 aromatic carbocycles. The van der Waals surface area contributed by atoms with Crippen LogP contribution in [0.15, 0.2) is 24.3 Å². The number of rotatable bonds is 1. The van der Waals surface area contributed by atoms with Gasteiger partial charge in [0.25, 0.3) is 0 Å². The van der Waals surface area contributed by atoms with Gasteiger partial charge in [-0.05, 0) is 43.2 Å². The van der Waals surface area contributed by atoms with Gasteiger partial charge in [0, 0.05) is 18.8 Å². The number of fused-ring (bicyclic) bond motifs is 1. The van der Waals surface area contributed by atoms with Crippen molar-refractivity contribution in [2.75, 3.05) is 18.4 Å². The maximum Gasteiger partial charge on any atom is 0.245 e. The lowest BCUT2D eigenvalue weighted by atomic mass is 9.95. The van der Waals surface area contributed by atoms with Crippen LogP contribution in [0.4, 0.5) is 5.69 Å². The Bertz CT molecular complexity index is 472. The smallest absolute Gasteiger partial charge is 0.245 e. The molecule has 1 N–H and O–H groups in total. The summed E-state index contributed by atoms with van der Waals surface area (Å²) >= 11 is 0. The van der Waals surface area contributed by atoms with Crippen LogP contribution in [0, 0.1) is 5.92 Å². The Labute approximate surface area is 115 Å². The summed E-state index contributed by atoms with van der Waals surface area (Å²) in [6.07, 6.45) is 4.32. The van der Waals surface area contributed by atoms with Crippen LogP contribution in [0.25, 0.3) is 0 Å². The van der Waals surface area contributed by atoms with Gasteiger partial charge in [-0.25, -0.2) is 0 Å². The van der Waals surface area contributed by atoms with Gasteiger partial charge >= 0.3 is 0 Å². The van der Waals surface area contributed by atoms with Crippen molar-refractivity contribution in [3.8, 4) is 0 Å². The zero-order chi connectivity index (χ0) is 13.2. The minimum absolute atomic E-state index is 0.0276. The van der Waals surface area contributed by atoms with Crippen LogP contribution in [0.3, 0.4) is 0 Å². The average molecular weight is 258 g/mol. The molecule has 0 aliphatic carbocycles. The fraction of sp³-hybridized carbons (Fsp3) is 0.562. The molecule has 1 saturated heterocycles. The first-order valence-corrected chi connectivity index (χ1v) is 7.37. The molecule has 0 radical (unpaired) electrons. The largest absolute Gasteiger partial charge is 0.373 e. The molecule has 2 heterocycles. The van der Waals surface area contributed by atoms with E-state index in [2.05, 4.69) is 35.3 Å². The Balaban J connectivity index is 1.69. The fourth-order valence-corrected chi connectivity index (χ4v) is 3.23. The molecule has 19 heavy (non-hydrogen) atoms. The summed E-state index contributed by atoms with van der Waals surface area (Å²) in [5.41, 5.74) is 2.47. The number of carbonyl (C=O) groups is 1. The molecule has 2 atom stereocenters. The molecule has 3 rings (SSSR count). The quantitative estimate of drug-likeness (QED) is 0.840. The summed E-state index contributed by atoms with van der Waals surface area (Å²) in [5.74, 6) is 0.939. The first-order valence-electron chi connectivity index (χ1n) is 7.37. The predicted octanol–water partition coefficient (Wildman–Crippen LogP) is 2.67. The van der Waals surface area contributed by atoms with Crippen molar-refractivity contribution >= 4 is 11.6 Å². The van der Waals surface area contributed by atoms with Gasteiger partial charge in [-0.15, -0.1) is 0 Å². The highest BCUT2D eigenvalue weighted by atomic mass is 16.2. The minimum Gasteiger partial charge on any atom is -0.373 e. The Hall–Kier alpha value is -1.51. The second-order valence-electron chi connectivity index (χ2n) is 5.92. The summed E-state index contributed by atoms with van der Waals surface area (Å²) in [6.45, 7) is 4.10. The van der Waals surface area contributed by atoms with Gasteiger partial charge in [-0.3, -0.25) is 4.79 Å². The van der Waals surface area contributed by atoms with Gasteiger partial charge in [0.1, 0.15) is 6.04 Å². The summed E-state index contributed by atoms with van der Waals surface area (Å²) in [7, 11) is 0. The van der Waals surface area contributed by atoms with Crippen LogP contribution in [0.1, 0.15) is 31.7 Å². The summed E-state index contributed by atoms with van der Waals surface area (Å²) in [6, 6.07) is 8.29. The number of hydrogen-bond acceptors (Lipinski definition) is 2. The molecule has 2 unspecified atom stereocenters. The molecular formula is C16H22N2O. The van der Waals surface area contributed by atoms with E-state index in [-0.39, 0.29) is 6.04 Å². The number of anilines is 1. The van der Waals surface area contributed by atoms with E-state index in [1.54, 1.807) is 0 Å². The second kappa shape index (κ2) is 5.24. The van der Waals surface area contributed by atoms with Gasteiger partial charge in [0.15, 0.2) is 0 Å². The maximum atomic E-state index is 12.6. The summed E-state index contributed by atoms with van der Waals surface area (Å²) < 4.78 is 0. The van der Waals surface area contributed by atoms with Gasteiger partial charge in [0.05, 0.1) is 0 Å². The normalized spacial score (nSPS) is 26.5. The van der Waals surface area contributed by atoms with Crippen molar-refractivity contribution < 1.29 is 4.79 Å². The van der Waals surface area contributed by atoms with Gasteiger partial charge < -0.3 is 10.2 Å². The molecule has 0 aromatic heterocycles. The third-order valence-corrected chi connectivity index (χ3v) is 4.32. The fourth-order valence-electron chi connectivity index (χ4n) is 3.23. The molecule has 0 saturated carbocycles. The van der Waals surface area contributed by atoms with E-state index >= 15 is 0 Å². The van der Waals surface area contributed by atoms with E-state index in [9.17, 15) is 4.79 Å². The highest BCUT2D eigenvalue weighted by molar-refractivity contribution is 5.85. The minimum atomic E-state index is -0.0276. The lowest BCUT2D eigenvalue weighted by molar-refractivity contribution is -0.133. The predicted molar refractivity (Wildman–Crippen MR) is 77.2 cm³/mol. The molecular weight excluding hydrogens is 236 g/mol. The number of hydrogen-bond donors (Lipinski definition) is 1. The SMILES string of the molecule is CC1CCCN(C(=O)C2CCc3ccccc3N2)C1. The third kappa shape index (κ3) is 2.60. The van der Waals surface area contributed by atoms with Crippen molar-refractivity contribution in [3.63, 3.8) is 0 Å². The van der Waals surface area contributed by atoms with Crippen LogP contribution in [-0.2, 0) is 11.2 Å².